The molecule has 1 aliphatic heterocycles. The zero-order valence-electron chi connectivity index (χ0n) is 16.4. The largest absolute Gasteiger partial charge is 0.474 e. The van der Waals surface area contributed by atoms with Gasteiger partial charge in [0.25, 0.3) is 0 Å². The number of pyridine rings is 1. The Morgan fingerprint density at radius 2 is 1.78 bits per heavy atom. The predicted molar refractivity (Wildman–Crippen MR) is 105 cm³/mol. The van der Waals surface area contributed by atoms with Gasteiger partial charge in [-0.1, -0.05) is 0 Å². The highest BCUT2D eigenvalue weighted by atomic mass is 19.1. The lowest BCUT2D eigenvalue weighted by Gasteiger charge is -2.24. The van der Waals surface area contributed by atoms with Crippen LogP contribution >= 0.6 is 0 Å². The molecule has 1 aromatic heterocycles. The highest BCUT2D eigenvalue weighted by Gasteiger charge is 2.58. The van der Waals surface area contributed by atoms with Crippen LogP contribution in [0.2, 0.25) is 0 Å². The summed E-state index contributed by atoms with van der Waals surface area (Å²) in [6.07, 6.45) is 0.240. The number of hydrogen-bond donors (Lipinski definition) is 1. The van der Waals surface area contributed by atoms with Gasteiger partial charge in [0.2, 0.25) is 5.88 Å². The average molecular weight is 369 g/mol. The van der Waals surface area contributed by atoms with Crippen LogP contribution in [-0.2, 0) is 5.54 Å². The van der Waals surface area contributed by atoms with Gasteiger partial charge in [0, 0.05) is 48.1 Å². The van der Waals surface area contributed by atoms with Gasteiger partial charge in [-0.05, 0) is 63.6 Å². The molecule has 27 heavy (non-hydrogen) atoms. The van der Waals surface area contributed by atoms with Crippen molar-refractivity contribution in [3.8, 4) is 17.1 Å². The van der Waals surface area contributed by atoms with E-state index in [9.17, 15) is 4.39 Å². The van der Waals surface area contributed by atoms with Crippen LogP contribution in [0.1, 0.15) is 33.3 Å². The van der Waals surface area contributed by atoms with E-state index in [0.29, 0.717) is 23.8 Å². The molecule has 0 spiro atoms. The summed E-state index contributed by atoms with van der Waals surface area (Å²) in [5.41, 5.74) is 8.40. The minimum atomic E-state index is -0.510. The van der Waals surface area contributed by atoms with Crippen LogP contribution in [0.25, 0.3) is 11.3 Å². The van der Waals surface area contributed by atoms with E-state index in [1.165, 1.54) is 12.1 Å². The maximum absolute atomic E-state index is 13.3. The van der Waals surface area contributed by atoms with Crippen molar-refractivity contribution in [3.05, 3.63) is 47.8 Å². The monoisotopic (exact) mass is 369 g/mol. The molecule has 0 bridgehead atoms. The normalized spacial score (nSPS) is 24.9. The summed E-state index contributed by atoms with van der Waals surface area (Å²) in [5, 5.41) is 0. The number of fused-ring (bicyclic) bond motifs is 1. The van der Waals surface area contributed by atoms with Crippen LogP contribution in [0.4, 0.5) is 4.39 Å². The lowest BCUT2D eigenvalue weighted by Crippen LogP contribution is -2.33. The number of piperidine rings is 1. The Bertz CT molecular complexity index is 816. The van der Waals surface area contributed by atoms with Gasteiger partial charge in [0.15, 0.2) is 0 Å². The number of benzene rings is 1. The van der Waals surface area contributed by atoms with Crippen molar-refractivity contribution in [2.45, 2.75) is 45.4 Å². The number of aromatic nitrogens is 1. The Morgan fingerprint density at radius 3 is 2.33 bits per heavy atom. The van der Waals surface area contributed by atoms with Gasteiger partial charge in [0.1, 0.15) is 11.9 Å². The molecule has 4 nitrogen and oxygen atoms in total. The zero-order valence-corrected chi connectivity index (χ0v) is 16.4. The molecule has 144 valence electrons. The fourth-order valence-electron chi connectivity index (χ4n) is 3.95. The van der Waals surface area contributed by atoms with Crippen LogP contribution in [0.5, 0.6) is 5.88 Å². The Hall–Kier alpha value is -1.98. The first-order valence-electron chi connectivity index (χ1n) is 9.70. The Morgan fingerprint density at radius 1 is 1.15 bits per heavy atom. The SMILES string of the molecule is CC(C)N1C[C@@H]2C(Oc3cc(C(C)(C)N)cc(-c4ccc(F)cc4)n3)[C@@H]2C1. The second-order valence-corrected chi connectivity index (χ2v) is 8.77. The minimum absolute atomic E-state index is 0.240. The van der Waals surface area contributed by atoms with Crippen molar-refractivity contribution >= 4 is 0 Å². The van der Waals surface area contributed by atoms with E-state index < -0.39 is 5.54 Å². The Labute approximate surface area is 160 Å². The number of halogens is 1. The number of rotatable bonds is 5. The molecule has 2 N–H and O–H groups in total. The molecule has 2 heterocycles. The fourth-order valence-corrected chi connectivity index (χ4v) is 3.95. The molecule has 1 saturated heterocycles. The quantitative estimate of drug-likeness (QED) is 0.871. The summed E-state index contributed by atoms with van der Waals surface area (Å²) in [6.45, 7) is 10.6. The molecule has 0 radical (unpaired) electrons. The van der Waals surface area contributed by atoms with E-state index >= 15 is 0 Å². The minimum Gasteiger partial charge on any atom is -0.474 e. The molecule has 2 aromatic rings. The molecule has 3 atom stereocenters. The van der Waals surface area contributed by atoms with E-state index in [2.05, 4.69) is 18.7 Å². The molecule has 1 unspecified atom stereocenters. The summed E-state index contributed by atoms with van der Waals surface area (Å²) in [5.74, 6) is 1.54. The standard InChI is InChI=1S/C22H28FN3O/c1-13(2)26-11-17-18(12-26)21(17)27-20-10-15(22(3,4)24)9-19(25-20)14-5-7-16(23)8-6-14/h5-10,13,17-18,21H,11-12,24H2,1-4H3/t17-,18+,21?. The van der Waals surface area contributed by atoms with Gasteiger partial charge < -0.3 is 15.4 Å². The Balaban J connectivity index is 1.58. The van der Waals surface area contributed by atoms with Crippen LogP contribution in [-0.4, -0.2) is 35.1 Å². The van der Waals surface area contributed by atoms with Gasteiger partial charge in [-0.25, -0.2) is 9.37 Å². The molecular weight excluding hydrogens is 341 g/mol. The van der Waals surface area contributed by atoms with E-state index in [1.807, 2.05) is 26.0 Å². The maximum Gasteiger partial charge on any atom is 0.214 e. The van der Waals surface area contributed by atoms with E-state index in [-0.39, 0.29) is 11.9 Å². The van der Waals surface area contributed by atoms with Crippen molar-refractivity contribution in [1.82, 2.24) is 9.88 Å². The maximum atomic E-state index is 13.3. The topological polar surface area (TPSA) is 51.4 Å². The van der Waals surface area contributed by atoms with Gasteiger partial charge in [-0.15, -0.1) is 0 Å². The van der Waals surface area contributed by atoms with E-state index in [0.717, 1.165) is 29.9 Å². The third-order valence-electron chi connectivity index (χ3n) is 5.82. The van der Waals surface area contributed by atoms with Crippen molar-refractivity contribution in [3.63, 3.8) is 0 Å². The molecule has 1 aromatic carbocycles. The number of ether oxygens (including phenoxy) is 1. The molecule has 2 fully saturated rings. The highest BCUT2D eigenvalue weighted by molar-refractivity contribution is 5.61. The van der Waals surface area contributed by atoms with Gasteiger partial charge >= 0.3 is 0 Å². The predicted octanol–water partition coefficient (Wildman–Crippen LogP) is 3.80. The summed E-state index contributed by atoms with van der Waals surface area (Å²) >= 11 is 0. The van der Waals surface area contributed by atoms with E-state index in [4.69, 9.17) is 15.5 Å². The van der Waals surface area contributed by atoms with Crippen LogP contribution in [0, 0.1) is 17.7 Å². The first kappa shape index (κ1) is 18.4. The molecular formula is C22H28FN3O. The number of nitrogens with two attached hydrogens (primary N) is 1. The average Bonchev–Trinajstić information content (AvgIpc) is 3.03. The zero-order chi connectivity index (χ0) is 19.3. The number of likely N-dealkylation sites (tertiary alicyclic amines) is 1. The van der Waals surface area contributed by atoms with Crippen molar-refractivity contribution in [2.24, 2.45) is 17.6 Å². The lowest BCUT2D eigenvalue weighted by molar-refractivity contribution is 0.178. The molecule has 4 rings (SSSR count). The van der Waals surface area contributed by atoms with Crippen molar-refractivity contribution < 1.29 is 9.13 Å². The summed E-state index contributed by atoms with van der Waals surface area (Å²) in [6, 6.07) is 10.9. The smallest absolute Gasteiger partial charge is 0.214 e. The van der Waals surface area contributed by atoms with Crippen LogP contribution in [0.15, 0.2) is 36.4 Å². The third kappa shape index (κ3) is 3.71. The summed E-state index contributed by atoms with van der Waals surface area (Å²) in [7, 11) is 0. The first-order valence-corrected chi connectivity index (χ1v) is 9.70. The Kier molecular flexibility index (Phi) is 4.47. The van der Waals surface area contributed by atoms with Crippen LogP contribution in [0.3, 0.4) is 0 Å². The molecule has 0 amide bonds. The van der Waals surface area contributed by atoms with E-state index in [1.54, 1.807) is 12.1 Å². The third-order valence-corrected chi connectivity index (χ3v) is 5.82. The van der Waals surface area contributed by atoms with Crippen molar-refractivity contribution in [2.75, 3.05) is 13.1 Å². The molecule has 2 aliphatic rings. The van der Waals surface area contributed by atoms with Gasteiger partial charge in [0.05, 0.1) is 5.69 Å². The molecule has 5 heteroatoms. The molecule has 1 saturated carbocycles. The molecule has 1 aliphatic carbocycles. The van der Waals surface area contributed by atoms with Gasteiger partial charge in [-0.2, -0.15) is 0 Å². The highest BCUT2D eigenvalue weighted by Crippen LogP contribution is 2.48. The lowest BCUT2D eigenvalue weighted by atomic mass is 9.95. The van der Waals surface area contributed by atoms with Crippen molar-refractivity contribution in [1.29, 1.82) is 0 Å². The fraction of sp³-hybridized carbons (Fsp3) is 0.500. The van der Waals surface area contributed by atoms with Crippen LogP contribution < -0.4 is 10.5 Å². The second-order valence-electron chi connectivity index (χ2n) is 8.77. The summed E-state index contributed by atoms with van der Waals surface area (Å²) in [4.78, 5) is 7.20. The second kappa shape index (κ2) is 6.57. The summed E-state index contributed by atoms with van der Waals surface area (Å²) < 4.78 is 19.6. The first-order chi connectivity index (χ1) is 12.7. The van der Waals surface area contributed by atoms with Gasteiger partial charge in [-0.3, -0.25) is 0 Å². The number of nitrogens with zero attached hydrogens (tertiary/aromatic N) is 2. The number of hydrogen-bond acceptors (Lipinski definition) is 4.